The molecule has 2 aromatic heterocycles. The smallest absolute Gasteiger partial charge is 0.354 e. The summed E-state index contributed by atoms with van der Waals surface area (Å²) in [5.41, 5.74) is -0.269. The monoisotopic (exact) mass is 321 g/mol. The SMILES string of the molecule is CNC(=O)c1ncncc1-c1cc(C(F)(F)F)cc2[nH]ncc12. The van der Waals surface area contributed by atoms with E-state index in [0.29, 0.717) is 5.39 Å². The predicted molar refractivity (Wildman–Crippen MR) is 75.5 cm³/mol. The van der Waals surface area contributed by atoms with Crippen LogP contribution in [0.25, 0.3) is 22.0 Å². The molecule has 118 valence electrons. The van der Waals surface area contributed by atoms with Crippen LogP contribution in [0.1, 0.15) is 16.1 Å². The standard InChI is InChI=1S/C14H10F3N5O/c1-18-13(23)12-10(4-19-6-20-12)8-2-7(14(15,16)17)3-11-9(8)5-21-22-11/h2-6H,1H3,(H,18,23)(H,21,22). The molecule has 0 spiro atoms. The van der Waals surface area contributed by atoms with Gasteiger partial charge >= 0.3 is 6.18 Å². The minimum absolute atomic E-state index is 0.00988. The Morgan fingerprint density at radius 3 is 2.70 bits per heavy atom. The quantitative estimate of drug-likeness (QED) is 0.759. The highest BCUT2D eigenvalue weighted by Gasteiger charge is 2.32. The summed E-state index contributed by atoms with van der Waals surface area (Å²) in [4.78, 5) is 19.6. The first-order valence-corrected chi connectivity index (χ1v) is 6.48. The van der Waals surface area contributed by atoms with Gasteiger partial charge in [-0.05, 0) is 17.7 Å². The lowest BCUT2D eigenvalue weighted by molar-refractivity contribution is -0.137. The third-order valence-electron chi connectivity index (χ3n) is 3.33. The molecule has 2 heterocycles. The number of benzene rings is 1. The van der Waals surface area contributed by atoms with E-state index in [0.717, 1.165) is 18.5 Å². The van der Waals surface area contributed by atoms with Crippen molar-refractivity contribution in [2.24, 2.45) is 0 Å². The molecule has 0 aliphatic carbocycles. The highest BCUT2D eigenvalue weighted by molar-refractivity contribution is 6.03. The van der Waals surface area contributed by atoms with Crippen LogP contribution < -0.4 is 5.32 Å². The first-order valence-electron chi connectivity index (χ1n) is 6.48. The molecule has 6 nitrogen and oxygen atoms in total. The third kappa shape index (κ3) is 2.60. The summed E-state index contributed by atoms with van der Waals surface area (Å²) in [6.45, 7) is 0. The number of hydrogen-bond donors (Lipinski definition) is 2. The number of alkyl halides is 3. The zero-order chi connectivity index (χ0) is 16.6. The van der Waals surface area contributed by atoms with Gasteiger partial charge in [0.15, 0.2) is 0 Å². The van der Waals surface area contributed by atoms with Crippen LogP contribution in [0, 0.1) is 0 Å². The topological polar surface area (TPSA) is 83.6 Å². The number of aromatic nitrogens is 4. The van der Waals surface area contributed by atoms with Crippen LogP contribution in [-0.4, -0.2) is 33.1 Å². The van der Waals surface area contributed by atoms with Gasteiger partial charge in [0, 0.05) is 24.2 Å². The normalized spacial score (nSPS) is 11.7. The molecule has 0 bridgehead atoms. The molecule has 0 radical (unpaired) electrons. The number of carbonyl (C=O) groups is 1. The number of fused-ring (bicyclic) bond motifs is 1. The second kappa shape index (κ2) is 5.34. The molecule has 1 amide bonds. The average molecular weight is 321 g/mol. The maximum absolute atomic E-state index is 13.1. The summed E-state index contributed by atoms with van der Waals surface area (Å²) in [6, 6.07) is 1.93. The first kappa shape index (κ1) is 14.9. The summed E-state index contributed by atoms with van der Waals surface area (Å²) in [7, 11) is 1.41. The van der Waals surface area contributed by atoms with Crippen molar-refractivity contribution in [2.75, 3.05) is 7.05 Å². The van der Waals surface area contributed by atoms with E-state index in [1.807, 2.05) is 0 Å². The summed E-state index contributed by atoms with van der Waals surface area (Å²) in [5.74, 6) is -0.517. The molecular formula is C14H10F3N5O. The van der Waals surface area contributed by atoms with Gasteiger partial charge in [0.25, 0.3) is 5.91 Å². The van der Waals surface area contributed by atoms with Crippen molar-refractivity contribution in [3.63, 3.8) is 0 Å². The molecule has 0 aliphatic heterocycles. The van der Waals surface area contributed by atoms with E-state index in [4.69, 9.17) is 0 Å². The Morgan fingerprint density at radius 1 is 1.22 bits per heavy atom. The van der Waals surface area contributed by atoms with Crippen molar-refractivity contribution >= 4 is 16.8 Å². The number of aromatic amines is 1. The van der Waals surface area contributed by atoms with Crippen molar-refractivity contribution in [1.82, 2.24) is 25.5 Å². The summed E-state index contributed by atoms with van der Waals surface area (Å²) in [6.07, 6.45) is -0.671. The third-order valence-corrected chi connectivity index (χ3v) is 3.33. The molecule has 0 saturated heterocycles. The van der Waals surface area contributed by atoms with E-state index in [-0.39, 0.29) is 22.3 Å². The van der Waals surface area contributed by atoms with Crippen LogP contribution in [0.2, 0.25) is 0 Å². The average Bonchev–Trinajstić information content (AvgIpc) is 3.01. The summed E-state index contributed by atoms with van der Waals surface area (Å²) < 4.78 is 39.3. The molecule has 23 heavy (non-hydrogen) atoms. The zero-order valence-electron chi connectivity index (χ0n) is 11.8. The van der Waals surface area contributed by atoms with Gasteiger partial charge in [-0.1, -0.05) is 0 Å². The van der Waals surface area contributed by atoms with E-state index >= 15 is 0 Å². The van der Waals surface area contributed by atoms with Gasteiger partial charge in [-0.25, -0.2) is 9.97 Å². The molecular weight excluding hydrogens is 311 g/mol. The Bertz CT molecular complexity index is 887. The van der Waals surface area contributed by atoms with Crippen LogP contribution in [0.4, 0.5) is 13.2 Å². The van der Waals surface area contributed by atoms with E-state index in [9.17, 15) is 18.0 Å². The van der Waals surface area contributed by atoms with E-state index in [1.54, 1.807) is 0 Å². The van der Waals surface area contributed by atoms with E-state index in [1.165, 1.54) is 19.4 Å². The van der Waals surface area contributed by atoms with Crippen LogP contribution in [-0.2, 0) is 6.18 Å². The van der Waals surface area contributed by atoms with Gasteiger partial charge in [-0.3, -0.25) is 9.89 Å². The van der Waals surface area contributed by atoms with Gasteiger partial charge in [0.1, 0.15) is 12.0 Å². The molecule has 3 rings (SSSR count). The number of rotatable bonds is 2. The number of nitrogens with zero attached hydrogens (tertiary/aromatic N) is 3. The van der Waals surface area contributed by atoms with Gasteiger partial charge in [-0.2, -0.15) is 18.3 Å². The van der Waals surface area contributed by atoms with Crippen LogP contribution in [0.3, 0.4) is 0 Å². The minimum atomic E-state index is -4.53. The molecule has 0 fully saturated rings. The fourth-order valence-electron chi connectivity index (χ4n) is 2.26. The highest BCUT2D eigenvalue weighted by Crippen LogP contribution is 2.37. The molecule has 1 aromatic carbocycles. The number of halogens is 3. The van der Waals surface area contributed by atoms with E-state index in [2.05, 4.69) is 25.5 Å². The molecule has 0 unspecified atom stereocenters. The summed E-state index contributed by atoms with van der Waals surface area (Å²) in [5, 5.41) is 9.13. The second-order valence-corrected chi connectivity index (χ2v) is 4.72. The van der Waals surface area contributed by atoms with Crippen LogP contribution >= 0.6 is 0 Å². The van der Waals surface area contributed by atoms with Crippen LogP contribution in [0.15, 0.2) is 30.9 Å². The second-order valence-electron chi connectivity index (χ2n) is 4.72. The number of H-pyrrole nitrogens is 1. The Kier molecular flexibility index (Phi) is 3.47. The highest BCUT2D eigenvalue weighted by atomic mass is 19.4. The van der Waals surface area contributed by atoms with Crippen molar-refractivity contribution in [3.05, 3.63) is 42.1 Å². The lowest BCUT2D eigenvalue weighted by Gasteiger charge is -2.12. The minimum Gasteiger partial charge on any atom is -0.354 e. The Hall–Kier alpha value is -2.97. The Labute approximate surface area is 127 Å². The van der Waals surface area contributed by atoms with Crippen molar-refractivity contribution < 1.29 is 18.0 Å². The molecule has 3 aromatic rings. The molecule has 0 saturated carbocycles. The predicted octanol–water partition coefficient (Wildman–Crippen LogP) is 2.40. The summed E-state index contributed by atoms with van der Waals surface area (Å²) >= 11 is 0. The molecule has 0 atom stereocenters. The number of amides is 1. The maximum Gasteiger partial charge on any atom is 0.416 e. The number of nitrogens with one attached hydrogen (secondary N) is 2. The maximum atomic E-state index is 13.1. The van der Waals surface area contributed by atoms with Crippen LogP contribution in [0.5, 0.6) is 0 Å². The lowest BCUT2D eigenvalue weighted by Crippen LogP contribution is -2.20. The Balaban J connectivity index is 2.32. The van der Waals surface area contributed by atoms with Crippen molar-refractivity contribution in [2.45, 2.75) is 6.18 Å². The lowest BCUT2D eigenvalue weighted by atomic mass is 9.98. The van der Waals surface area contributed by atoms with E-state index < -0.39 is 17.6 Å². The van der Waals surface area contributed by atoms with Gasteiger partial charge < -0.3 is 5.32 Å². The molecule has 0 aliphatic rings. The van der Waals surface area contributed by atoms with Gasteiger partial charge in [0.05, 0.1) is 17.3 Å². The van der Waals surface area contributed by atoms with Gasteiger partial charge in [-0.15, -0.1) is 0 Å². The zero-order valence-corrected chi connectivity index (χ0v) is 11.8. The molecule has 2 N–H and O–H groups in total. The van der Waals surface area contributed by atoms with Gasteiger partial charge in [0.2, 0.25) is 0 Å². The first-order chi connectivity index (χ1) is 10.9. The van der Waals surface area contributed by atoms with Crippen molar-refractivity contribution in [1.29, 1.82) is 0 Å². The Morgan fingerprint density at radius 2 is 2.00 bits per heavy atom. The molecule has 9 heteroatoms. The van der Waals surface area contributed by atoms with Crippen molar-refractivity contribution in [3.8, 4) is 11.1 Å². The fourth-order valence-corrected chi connectivity index (χ4v) is 2.26. The number of hydrogen-bond acceptors (Lipinski definition) is 4. The fraction of sp³-hybridized carbons (Fsp3) is 0.143. The number of carbonyl (C=O) groups excluding carboxylic acids is 1. The largest absolute Gasteiger partial charge is 0.416 e.